The van der Waals surface area contributed by atoms with E-state index in [-0.39, 0.29) is 32.2 Å². The van der Waals surface area contributed by atoms with Crippen molar-refractivity contribution in [3.05, 3.63) is 0 Å². The predicted molar refractivity (Wildman–Crippen MR) is 186 cm³/mol. The SMILES string of the molecule is CCCCCCCCCCCCCCCCCOCC(O)CN(CCO)C(=O)CCCCCCCCCCCCCCC. The Hall–Kier alpha value is -0.650. The van der Waals surface area contributed by atoms with Crippen LogP contribution in [0.4, 0.5) is 0 Å². The van der Waals surface area contributed by atoms with Gasteiger partial charge in [-0.25, -0.2) is 0 Å². The van der Waals surface area contributed by atoms with Crippen LogP contribution in [-0.2, 0) is 9.53 Å². The minimum atomic E-state index is -0.696. The molecule has 0 fully saturated rings. The van der Waals surface area contributed by atoms with Gasteiger partial charge in [-0.1, -0.05) is 181 Å². The fraction of sp³-hybridized carbons (Fsp3) is 0.974. The summed E-state index contributed by atoms with van der Waals surface area (Å²) in [4.78, 5) is 14.3. The van der Waals surface area contributed by atoms with E-state index in [9.17, 15) is 15.0 Å². The van der Waals surface area contributed by atoms with Gasteiger partial charge < -0.3 is 19.8 Å². The zero-order valence-electron chi connectivity index (χ0n) is 29.3. The largest absolute Gasteiger partial charge is 0.395 e. The highest BCUT2D eigenvalue weighted by Crippen LogP contribution is 2.15. The molecule has 0 radical (unpaired) electrons. The number of hydrogen-bond donors (Lipinski definition) is 2. The van der Waals surface area contributed by atoms with Gasteiger partial charge in [0, 0.05) is 26.1 Å². The summed E-state index contributed by atoms with van der Waals surface area (Å²) in [5, 5.41) is 19.8. The number of aliphatic hydroxyl groups excluding tert-OH is 2. The Morgan fingerprint density at radius 1 is 0.558 bits per heavy atom. The first kappa shape index (κ1) is 42.3. The average molecular weight is 612 g/mol. The van der Waals surface area contributed by atoms with E-state index in [0.717, 1.165) is 19.3 Å². The molecule has 1 unspecified atom stereocenters. The second kappa shape index (κ2) is 35.8. The minimum absolute atomic E-state index is 0.0404. The smallest absolute Gasteiger partial charge is 0.222 e. The molecule has 0 saturated heterocycles. The number of carbonyl (C=O) groups is 1. The van der Waals surface area contributed by atoms with Crippen LogP contribution in [0.5, 0.6) is 0 Å². The molecule has 2 N–H and O–H groups in total. The Kier molecular flexibility index (Phi) is 35.3. The molecule has 0 aromatic heterocycles. The predicted octanol–water partition coefficient (Wildman–Crippen LogP) is 10.5. The van der Waals surface area contributed by atoms with Crippen molar-refractivity contribution < 1.29 is 19.7 Å². The molecule has 0 aliphatic rings. The van der Waals surface area contributed by atoms with E-state index in [1.165, 1.54) is 161 Å². The molecule has 258 valence electrons. The first-order valence-corrected chi connectivity index (χ1v) is 19.3. The van der Waals surface area contributed by atoms with Gasteiger partial charge >= 0.3 is 0 Å². The van der Waals surface area contributed by atoms with Gasteiger partial charge in [0.15, 0.2) is 0 Å². The van der Waals surface area contributed by atoms with Crippen molar-refractivity contribution in [1.29, 1.82) is 0 Å². The third kappa shape index (κ3) is 32.6. The van der Waals surface area contributed by atoms with E-state index in [4.69, 9.17) is 4.74 Å². The first-order chi connectivity index (χ1) is 21.2. The topological polar surface area (TPSA) is 70.0 Å². The Bertz CT molecular complexity index is 544. The number of unbranched alkanes of at least 4 members (excludes halogenated alkanes) is 26. The van der Waals surface area contributed by atoms with Crippen LogP contribution in [0.2, 0.25) is 0 Å². The zero-order chi connectivity index (χ0) is 31.5. The lowest BCUT2D eigenvalue weighted by Crippen LogP contribution is -2.40. The quantitative estimate of drug-likeness (QED) is 0.0692. The summed E-state index contributed by atoms with van der Waals surface area (Å²) in [7, 11) is 0. The minimum Gasteiger partial charge on any atom is -0.395 e. The van der Waals surface area contributed by atoms with Gasteiger partial charge in [0.2, 0.25) is 5.91 Å². The summed E-state index contributed by atoms with van der Waals surface area (Å²) in [6, 6.07) is 0. The average Bonchev–Trinajstić information content (AvgIpc) is 3.00. The molecule has 0 aromatic rings. The van der Waals surface area contributed by atoms with Crippen LogP contribution in [0.3, 0.4) is 0 Å². The Morgan fingerprint density at radius 3 is 1.28 bits per heavy atom. The summed E-state index contributed by atoms with van der Waals surface area (Å²) in [5.74, 6) is 0.0404. The Labute approximate surface area is 269 Å². The van der Waals surface area contributed by atoms with Gasteiger partial charge in [0.1, 0.15) is 0 Å². The molecule has 0 heterocycles. The summed E-state index contributed by atoms with van der Waals surface area (Å²) >= 11 is 0. The molecule has 0 saturated carbocycles. The van der Waals surface area contributed by atoms with Crippen molar-refractivity contribution in [1.82, 2.24) is 4.90 Å². The monoisotopic (exact) mass is 612 g/mol. The summed E-state index contributed by atoms with van der Waals surface area (Å²) in [6.45, 7) is 5.93. The van der Waals surface area contributed by atoms with Crippen LogP contribution < -0.4 is 0 Å². The van der Waals surface area contributed by atoms with Crippen molar-refractivity contribution in [2.24, 2.45) is 0 Å². The molecule has 0 spiro atoms. The van der Waals surface area contributed by atoms with Crippen LogP contribution in [0.15, 0.2) is 0 Å². The Morgan fingerprint density at radius 2 is 0.907 bits per heavy atom. The fourth-order valence-corrected chi connectivity index (χ4v) is 5.99. The highest BCUT2D eigenvalue weighted by molar-refractivity contribution is 5.76. The third-order valence-electron chi connectivity index (χ3n) is 8.85. The van der Waals surface area contributed by atoms with E-state index in [1.807, 2.05) is 0 Å². The standard InChI is InChI=1S/C38H77NO4/c1-3-5-7-9-11-13-15-17-18-20-22-24-26-28-30-34-43-36-37(41)35-39(32-33-40)38(42)31-29-27-25-23-21-19-16-14-12-10-8-6-4-2/h37,40-41H,3-36H2,1-2H3. The Balaban J connectivity index is 3.60. The number of aliphatic hydroxyl groups is 2. The molecule has 1 amide bonds. The lowest BCUT2D eigenvalue weighted by Gasteiger charge is -2.24. The third-order valence-corrected chi connectivity index (χ3v) is 8.85. The molecule has 0 aromatic carbocycles. The van der Waals surface area contributed by atoms with Gasteiger partial charge in [0.05, 0.1) is 19.3 Å². The number of hydrogen-bond acceptors (Lipinski definition) is 4. The van der Waals surface area contributed by atoms with Gasteiger partial charge in [-0.05, 0) is 12.8 Å². The van der Waals surface area contributed by atoms with E-state index in [2.05, 4.69) is 13.8 Å². The second-order valence-electron chi connectivity index (χ2n) is 13.2. The fourth-order valence-electron chi connectivity index (χ4n) is 5.99. The maximum atomic E-state index is 12.7. The van der Waals surface area contributed by atoms with Crippen molar-refractivity contribution >= 4 is 5.91 Å². The highest BCUT2D eigenvalue weighted by atomic mass is 16.5. The molecule has 0 bridgehead atoms. The number of carbonyl (C=O) groups excluding carboxylic acids is 1. The second-order valence-corrected chi connectivity index (χ2v) is 13.2. The molecule has 1 atom stereocenters. The molecule has 43 heavy (non-hydrogen) atoms. The lowest BCUT2D eigenvalue weighted by atomic mass is 10.0. The normalized spacial score (nSPS) is 12.2. The van der Waals surface area contributed by atoms with Crippen LogP contribution in [0, 0.1) is 0 Å². The van der Waals surface area contributed by atoms with Crippen LogP contribution in [0.25, 0.3) is 0 Å². The maximum absolute atomic E-state index is 12.7. The van der Waals surface area contributed by atoms with Crippen molar-refractivity contribution in [3.8, 4) is 0 Å². The molecular weight excluding hydrogens is 534 g/mol. The summed E-state index contributed by atoms with van der Waals surface area (Å²) in [6.07, 6.45) is 36.7. The molecule has 0 aliphatic carbocycles. The van der Waals surface area contributed by atoms with E-state index in [1.54, 1.807) is 4.90 Å². The van der Waals surface area contributed by atoms with Crippen LogP contribution in [-0.4, -0.2) is 60.0 Å². The van der Waals surface area contributed by atoms with Gasteiger partial charge in [0.25, 0.3) is 0 Å². The number of ether oxygens (including phenoxy) is 1. The number of rotatable bonds is 36. The van der Waals surface area contributed by atoms with E-state index < -0.39 is 6.10 Å². The molecule has 5 heteroatoms. The molecule has 5 nitrogen and oxygen atoms in total. The van der Waals surface area contributed by atoms with Gasteiger partial charge in [-0.15, -0.1) is 0 Å². The van der Waals surface area contributed by atoms with Crippen molar-refractivity contribution in [3.63, 3.8) is 0 Å². The van der Waals surface area contributed by atoms with Crippen molar-refractivity contribution in [2.45, 2.75) is 206 Å². The number of amides is 1. The molecule has 0 aliphatic heterocycles. The number of nitrogens with zero attached hydrogens (tertiary/aromatic N) is 1. The lowest BCUT2D eigenvalue weighted by molar-refractivity contribution is -0.134. The zero-order valence-corrected chi connectivity index (χ0v) is 29.3. The van der Waals surface area contributed by atoms with Crippen molar-refractivity contribution in [2.75, 3.05) is 32.9 Å². The van der Waals surface area contributed by atoms with E-state index >= 15 is 0 Å². The molecule has 0 rings (SSSR count). The van der Waals surface area contributed by atoms with Gasteiger partial charge in [-0.3, -0.25) is 4.79 Å². The first-order valence-electron chi connectivity index (χ1n) is 19.3. The van der Waals surface area contributed by atoms with Crippen LogP contribution in [0.1, 0.15) is 200 Å². The van der Waals surface area contributed by atoms with Gasteiger partial charge in [-0.2, -0.15) is 0 Å². The highest BCUT2D eigenvalue weighted by Gasteiger charge is 2.17. The molecular formula is C38H77NO4. The van der Waals surface area contributed by atoms with Crippen LogP contribution >= 0.6 is 0 Å². The summed E-state index contributed by atoms with van der Waals surface area (Å²) in [5.41, 5.74) is 0. The van der Waals surface area contributed by atoms with E-state index in [0.29, 0.717) is 13.0 Å². The summed E-state index contributed by atoms with van der Waals surface area (Å²) < 4.78 is 5.70. The maximum Gasteiger partial charge on any atom is 0.222 e.